The number of carboxylic acids is 1. The summed E-state index contributed by atoms with van der Waals surface area (Å²) in [4.78, 5) is 23.7. The molecule has 2 rings (SSSR count). The molecular formula is C19H29NO3. The summed E-state index contributed by atoms with van der Waals surface area (Å²) in [7, 11) is 0. The zero-order valence-electron chi connectivity index (χ0n) is 13.1. The van der Waals surface area contributed by atoms with E-state index in [1.165, 1.54) is 6.42 Å². The number of amides is 1. The number of carboxylic acid groups (broad SMARTS) is 1. The van der Waals surface area contributed by atoms with Gasteiger partial charge in [-0.15, -0.1) is 0 Å². The zero-order valence-corrected chi connectivity index (χ0v) is 13.1. The van der Waals surface area contributed by atoms with E-state index >= 15 is 0 Å². The number of nitrogens with one attached hydrogen (secondary N) is 1. The Kier molecular flexibility index (Phi) is 7.79. The van der Waals surface area contributed by atoms with Gasteiger partial charge < -0.3 is 10.4 Å². The summed E-state index contributed by atoms with van der Waals surface area (Å²) in [5.74, 6) is -0.374. The molecule has 4 heteroatoms. The molecule has 0 radical (unpaired) electrons. The van der Waals surface area contributed by atoms with Crippen molar-refractivity contribution in [2.75, 3.05) is 0 Å². The van der Waals surface area contributed by atoms with E-state index in [0.717, 1.165) is 37.2 Å². The highest BCUT2D eigenvalue weighted by Crippen LogP contribution is 2.30. The normalized spacial score (nSPS) is 21.8. The quantitative estimate of drug-likeness (QED) is 0.841. The Balaban J connectivity index is 0.00000264. The average molecular weight is 319 g/mol. The molecule has 1 amide bonds. The van der Waals surface area contributed by atoms with Crippen molar-refractivity contribution in [1.29, 1.82) is 0 Å². The van der Waals surface area contributed by atoms with Crippen LogP contribution in [-0.4, -0.2) is 23.0 Å². The van der Waals surface area contributed by atoms with Gasteiger partial charge in [-0.2, -0.15) is 0 Å². The van der Waals surface area contributed by atoms with Gasteiger partial charge in [-0.25, -0.2) is 4.79 Å². The maximum Gasteiger partial charge on any atom is 0.326 e. The Morgan fingerprint density at radius 2 is 1.78 bits per heavy atom. The number of carbonyl (C=O) groups excluding carboxylic acids is 1. The van der Waals surface area contributed by atoms with Crippen LogP contribution in [0.1, 0.15) is 52.0 Å². The van der Waals surface area contributed by atoms with Gasteiger partial charge in [-0.3, -0.25) is 4.79 Å². The number of aliphatic carboxylic acids is 1. The predicted octanol–water partition coefficient (Wildman–Crippen LogP) is 3.65. The Bertz CT molecular complexity index is 493. The van der Waals surface area contributed by atoms with Crippen molar-refractivity contribution in [3.05, 3.63) is 35.9 Å². The lowest BCUT2D eigenvalue weighted by Crippen LogP contribution is -2.45. The molecule has 1 aromatic rings. The zero-order chi connectivity index (χ0) is 15.9. The second kappa shape index (κ2) is 9.33. The fourth-order valence-electron chi connectivity index (χ4n) is 3.17. The molecule has 128 valence electrons. The lowest BCUT2D eigenvalue weighted by Gasteiger charge is -2.28. The first kappa shape index (κ1) is 19.2. The van der Waals surface area contributed by atoms with Gasteiger partial charge in [0.2, 0.25) is 5.91 Å². The second-order valence-corrected chi connectivity index (χ2v) is 6.22. The molecule has 23 heavy (non-hydrogen) atoms. The SMILES string of the molecule is C.CCC1CCC(C(=O)N[C@H](Cc2ccccc2)C(=O)O)CC1. The van der Waals surface area contributed by atoms with Crippen LogP contribution in [0.5, 0.6) is 0 Å². The summed E-state index contributed by atoms with van der Waals surface area (Å²) in [6.45, 7) is 2.19. The van der Waals surface area contributed by atoms with E-state index in [0.29, 0.717) is 6.42 Å². The first-order valence-electron chi connectivity index (χ1n) is 8.17. The van der Waals surface area contributed by atoms with Crippen molar-refractivity contribution in [3.8, 4) is 0 Å². The third-order valence-electron chi connectivity index (χ3n) is 4.69. The van der Waals surface area contributed by atoms with Crippen LogP contribution >= 0.6 is 0 Å². The molecule has 0 unspecified atom stereocenters. The van der Waals surface area contributed by atoms with E-state index in [-0.39, 0.29) is 19.3 Å². The number of rotatable bonds is 6. The fourth-order valence-corrected chi connectivity index (χ4v) is 3.17. The lowest BCUT2D eigenvalue weighted by molar-refractivity contribution is -0.142. The maximum absolute atomic E-state index is 12.3. The van der Waals surface area contributed by atoms with Crippen molar-refractivity contribution < 1.29 is 14.7 Å². The van der Waals surface area contributed by atoms with E-state index in [9.17, 15) is 14.7 Å². The molecule has 0 saturated heterocycles. The predicted molar refractivity (Wildman–Crippen MR) is 92.2 cm³/mol. The number of carbonyl (C=O) groups is 2. The first-order chi connectivity index (χ1) is 10.6. The van der Waals surface area contributed by atoms with E-state index in [2.05, 4.69) is 12.2 Å². The molecule has 0 aromatic heterocycles. The van der Waals surface area contributed by atoms with Crippen molar-refractivity contribution in [2.24, 2.45) is 11.8 Å². The van der Waals surface area contributed by atoms with Crippen molar-refractivity contribution in [1.82, 2.24) is 5.32 Å². The maximum atomic E-state index is 12.3. The second-order valence-electron chi connectivity index (χ2n) is 6.22. The molecule has 2 N–H and O–H groups in total. The molecular weight excluding hydrogens is 290 g/mol. The Morgan fingerprint density at radius 1 is 1.17 bits per heavy atom. The summed E-state index contributed by atoms with van der Waals surface area (Å²) < 4.78 is 0. The third kappa shape index (κ3) is 5.70. The van der Waals surface area contributed by atoms with E-state index in [1.807, 2.05) is 30.3 Å². The van der Waals surface area contributed by atoms with Gasteiger partial charge in [0, 0.05) is 12.3 Å². The molecule has 0 spiro atoms. The first-order valence-corrected chi connectivity index (χ1v) is 8.17. The monoisotopic (exact) mass is 319 g/mol. The molecule has 1 fully saturated rings. The molecule has 0 aliphatic heterocycles. The number of hydrogen-bond acceptors (Lipinski definition) is 2. The Morgan fingerprint density at radius 3 is 2.30 bits per heavy atom. The summed E-state index contributed by atoms with van der Waals surface area (Å²) in [5, 5.41) is 12.1. The largest absolute Gasteiger partial charge is 0.480 e. The van der Waals surface area contributed by atoms with Gasteiger partial charge in [-0.1, -0.05) is 51.1 Å². The number of benzene rings is 1. The highest BCUT2D eigenvalue weighted by atomic mass is 16.4. The van der Waals surface area contributed by atoms with Gasteiger partial charge in [0.1, 0.15) is 6.04 Å². The van der Waals surface area contributed by atoms with E-state index in [4.69, 9.17) is 0 Å². The molecule has 1 aliphatic carbocycles. The summed E-state index contributed by atoms with van der Waals surface area (Å²) >= 11 is 0. The van der Waals surface area contributed by atoms with Gasteiger partial charge in [0.15, 0.2) is 0 Å². The minimum absolute atomic E-state index is 0. The fraction of sp³-hybridized carbons (Fsp3) is 0.579. The molecule has 1 atom stereocenters. The van der Waals surface area contributed by atoms with Crippen LogP contribution in [0.4, 0.5) is 0 Å². The summed E-state index contributed by atoms with van der Waals surface area (Å²) in [5.41, 5.74) is 0.921. The standard InChI is InChI=1S/C18H25NO3.CH4/c1-2-13-8-10-15(11-9-13)17(20)19-16(18(21)22)12-14-6-4-3-5-7-14;/h3-7,13,15-16H,2,8-12H2,1H3,(H,19,20)(H,21,22);1H4/t13?,15?,16-;/m1./s1. The van der Waals surface area contributed by atoms with Gasteiger partial charge in [0.05, 0.1) is 0 Å². The molecule has 1 aliphatic rings. The van der Waals surface area contributed by atoms with Crippen molar-refractivity contribution in [2.45, 2.75) is 58.9 Å². The highest BCUT2D eigenvalue weighted by Gasteiger charge is 2.28. The lowest BCUT2D eigenvalue weighted by atomic mass is 9.80. The van der Waals surface area contributed by atoms with Gasteiger partial charge in [-0.05, 0) is 37.2 Å². The third-order valence-corrected chi connectivity index (χ3v) is 4.69. The summed E-state index contributed by atoms with van der Waals surface area (Å²) in [6.07, 6.45) is 5.40. The van der Waals surface area contributed by atoms with Crippen LogP contribution in [0.2, 0.25) is 0 Å². The van der Waals surface area contributed by atoms with Crippen LogP contribution < -0.4 is 5.32 Å². The van der Waals surface area contributed by atoms with E-state index < -0.39 is 12.0 Å². The topological polar surface area (TPSA) is 66.4 Å². The van der Waals surface area contributed by atoms with Crippen LogP contribution in [0.15, 0.2) is 30.3 Å². The highest BCUT2D eigenvalue weighted by molar-refractivity contribution is 5.85. The van der Waals surface area contributed by atoms with Crippen LogP contribution in [-0.2, 0) is 16.0 Å². The molecule has 1 saturated carbocycles. The van der Waals surface area contributed by atoms with Crippen molar-refractivity contribution >= 4 is 11.9 Å². The average Bonchev–Trinajstić information content (AvgIpc) is 2.55. The minimum atomic E-state index is -0.973. The Hall–Kier alpha value is -1.84. The van der Waals surface area contributed by atoms with E-state index in [1.54, 1.807) is 0 Å². The molecule has 0 bridgehead atoms. The molecule has 4 nitrogen and oxygen atoms in total. The van der Waals surface area contributed by atoms with Gasteiger partial charge >= 0.3 is 5.97 Å². The smallest absolute Gasteiger partial charge is 0.326 e. The summed E-state index contributed by atoms with van der Waals surface area (Å²) in [6, 6.07) is 8.57. The van der Waals surface area contributed by atoms with Crippen LogP contribution in [0, 0.1) is 11.8 Å². The molecule has 0 heterocycles. The Labute approximate surface area is 139 Å². The molecule has 1 aromatic carbocycles. The van der Waals surface area contributed by atoms with Crippen molar-refractivity contribution in [3.63, 3.8) is 0 Å². The van der Waals surface area contributed by atoms with Crippen LogP contribution in [0.3, 0.4) is 0 Å². The van der Waals surface area contributed by atoms with Gasteiger partial charge in [0.25, 0.3) is 0 Å². The number of hydrogen-bond donors (Lipinski definition) is 2. The van der Waals surface area contributed by atoms with Crippen LogP contribution in [0.25, 0.3) is 0 Å². The minimum Gasteiger partial charge on any atom is -0.480 e.